The van der Waals surface area contributed by atoms with Gasteiger partial charge in [0, 0.05) is 18.8 Å². The number of carbonyl (C=O) groups is 2. The van der Waals surface area contributed by atoms with Crippen LogP contribution in [0.15, 0.2) is 18.2 Å². The molecule has 1 heterocycles. The Labute approximate surface area is 137 Å². The molecule has 124 valence electrons. The molecular weight excluding hydrogens is 292 g/mol. The molecule has 0 aromatic heterocycles. The Morgan fingerprint density at radius 2 is 2.09 bits per heavy atom. The van der Waals surface area contributed by atoms with Crippen molar-refractivity contribution in [3.63, 3.8) is 0 Å². The maximum Gasteiger partial charge on any atom is 0.409 e. The molecule has 1 aliphatic carbocycles. The molecule has 1 N–H and O–H groups in total. The zero-order valence-corrected chi connectivity index (χ0v) is 13.6. The minimum atomic E-state index is -0.317. The lowest BCUT2D eigenvalue weighted by Gasteiger charge is -2.31. The number of rotatable bonds is 3. The summed E-state index contributed by atoms with van der Waals surface area (Å²) in [7, 11) is 0. The fraction of sp³-hybridized carbons (Fsp3) is 0.556. The first-order valence-corrected chi connectivity index (χ1v) is 8.51. The molecule has 23 heavy (non-hydrogen) atoms. The quantitative estimate of drug-likeness (QED) is 0.932. The summed E-state index contributed by atoms with van der Waals surface area (Å²) in [6.07, 6.45) is 4.76. The van der Waals surface area contributed by atoms with Gasteiger partial charge in [0.2, 0.25) is 5.91 Å². The van der Waals surface area contributed by atoms with Gasteiger partial charge < -0.3 is 15.0 Å². The van der Waals surface area contributed by atoms with Gasteiger partial charge in [-0.2, -0.15) is 0 Å². The molecule has 1 atom stereocenters. The molecule has 0 spiro atoms. The van der Waals surface area contributed by atoms with Crippen LogP contribution in [0.2, 0.25) is 0 Å². The van der Waals surface area contributed by atoms with Gasteiger partial charge in [-0.3, -0.25) is 4.79 Å². The topological polar surface area (TPSA) is 58.6 Å². The molecular formula is C18H24N2O3. The molecule has 1 aromatic rings. The lowest BCUT2D eigenvalue weighted by molar-refractivity contribution is -0.121. The van der Waals surface area contributed by atoms with Crippen molar-refractivity contribution in [3.8, 4) is 0 Å². The van der Waals surface area contributed by atoms with E-state index in [0.717, 1.165) is 31.4 Å². The first-order valence-electron chi connectivity index (χ1n) is 8.51. The van der Waals surface area contributed by atoms with Crippen molar-refractivity contribution in [3.05, 3.63) is 29.3 Å². The smallest absolute Gasteiger partial charge is 0.409 e. The fourth-order valence-electron chi connectivity index (χ4n) is 3.47. The average Bonchev–Trinajstić information content (AvgIpc) is 3.03. The number of aryl methyl sites for hydroxylation is 2. The first-order chi connectivity index (χ1) is 11.2. The maximum atomic E-state index is 12.5. The number of benzene rings is 1. The van der Waals surface area contributed by atoms with Gasteiger partial charge in [-0.1, -0.05) is 6.07 Å². The zero-order chi connectivity index (χ0) is 16.2. The Kier molecular flexibility index (Phi) is 4.84. The van der Waals surface area contributed by atoms with Gasteiger partial charge in [-0.15, -0.1) is 0 Å². The second kappa shape index (κ2) is 7.02. The molecule has 1 aromatic carbocycles. The standard InChI is InChI=1S/C18H24N2O3/c1-2-23-18(22)20-10-4-7-15(12-20)17(21)19-16-9-8-13-5-3-6-14(13)11-16/h8-9,11,15H,2-7,10,12H2,1H3,(H,19,21)/t15-/m0/s1. The number of piperidine rings is 1. The minimum Gasteiger partial charge on any atom is -0.450 e. The second-order valence-corrected chi connectivity index (χ2v) is 6.31. The summed E-state index contributed by atoms with van der Waals surface area (Å²) in [6.45, 7) is 3.26. The number of fused-ring (bicyclic) bond motifs is 1. The number of amides is 2. The van der Waals surface area contributed by atoms with Crippen LogP contribution in [-0.4, -0.2) is 36.6 Å². The highest BCUT2D eigenvalue weighted by atomic mass is 16.6. The summed E-state index contributed by atoms with van der Waals surface area (Å²) in [5, 5.41) is 3.02. The van der Waals surface area contributed by atoms with Gasteiger partial charge in [0.1, 0.15) is 0 Å². The van der Waals surface area contributed by atoms with Crippen LogP contribution in [0, 0.1) is 5.92 Å². The number of anilines is 1. The normalized spacial score (nSPS) is 20.0. The van der Waals surface area contributed by atoms with Crippen LogP contribution in [-0.2, 0) is 22.4 Å². The van der Waals surface area contributed by atoms with Crippen LogP contribution in [0.3, 0.4) is 0 Å². The molecule has 5 heteroatoms. The average molecular weight is 316 g/mol. The van der Waals surface area contributed by atoms with E-state index >= 15 is 0 Å². The van der Waals surface area contributed by atoms with E-state index in [1.807, 2.05) is 6.07 Å². The molecule has 1 aliphatic heterocycles. The van der Waals surface area contributed by atoms with Gasteiger partial charge in [0.05, 0.1) is 12.5 Å². The number of hydrogen-bond donors (Lipinski definition) is 1. The Balaban J connectivity index is 1.60. The number of nitrogens with one attached hydrogen (secondary N) is 1. The van der Waals surface area contributed by atoms with E-state index < -0.39 is 0 Å². The number of likely N-dealkylation sites (tertiary alicyclic amines) is 1. The van der Waals surface area contributed by atoms with Crippen molar-refractivity contribution < 1.29 is 14.3 Å². The molecule has 2 aliphatic rings. The summed E-state index contributed by atoms with van der Waals surface area (Å²) in [4.78, 5) is 26.0. The van der Waals surface area contributed by atoms with Gasteiger partial charge in [-0.05, 0) is 62.3 Å². The molecule has 0 bridgehead atoms. The van der Waals surface area contributed by atoms with Crippen LogP contribution in [0.25, 0.3) is 0 Å². The molecule has 5 nitrogen and oxygen atoms in total. The fourth-order valence-corrected chi connectivity index (χ4v) is 3.47. The van der Waals surface area contributed by atoms with Crippen LogP contribution < -0.4 is 5.32 Å². The van der Waals surface area contributed by atoms with Gasteiger partial charge >= 0.3 is 6.09 Å². The SMILES string of the molecule is CCOC(=O)N1CCC[C@H](C(=O)Nc2ccc3c(c2)CCC3)C1. The van der Waals surface area contributed by atoms with Crippen molar-refractivity contribution in [1.29, 1.82) is 0 Å². The van der Waals surface area contributed by atoms with E-state index in [-0.39, 0.29) is 17.9 Å². The second-order valence-electron chi connectivity index (χ2n) is 6.31. The highest BCUT2D eigenvalue weighted by Gasteiger charge is 2.29. The Bertz CT molecular complexity index is 600. The van der Waals surface area contributed by atoms with Crippen molar-refractivity contribution in [2.45, 2.75) is 39.0 Å². The minimum absolute atomic E-state index is 0.00283. The third kappa shape index (κ3) is 3.66. The third-order valence-corrected chi connectivity index (χ3v) is 4.68. The molecule has 0 radical (unpaired) electrons. The third-order valence-electron chi connectivity index (χ3n) is 4.68. The van der Waals surface area contributed by atoms with Crippen LogP contribution >= 0.6 is 0 Å². The molecule has 0 saturated carbocycles. The Morgan fingerprint density at radius 1 is 1.26 bits per heavy atom. The monoisotopic (exact) mass is 316 g/mol. The Morgan fingerprint density at radius 3 is 2.91 bits per heavy atom. The van der Waals surface area contributed by atoms with E-state index in [9.17, 15) is 9.59 Å². The van der Waals surface area contributed by atoms with E-state index in [0.29, 0.717) is 19.7 Å². The van der Waals surface area contributed by atoms with Crippen LogP contribution in [0.5, 0.6) is 0 Å². The zero-order valence-electron chi connectivity index (χ0n) is 13.6. The molecule has 1 saturated heterocycles. The number of ether oxygens (including phenoxy) is 1. The molecule has 3 rings (SSSR count). The van der Waals surface area contributed by atoms with E-state index in [2.05, 4.69) is 17.4 Å². The van der Waals surface area contributed by atoms with Crippen molar-refractivity contribution >= 4 is 17.7 Å². The number of carbonyl (C=O) groups excluding carboxylic acids is 2. The van der Waals surface area contributed by atoms with Gasteiger partial charge in [-0.25, -0.2) is 4.79 Å². The Hall–Kier alpha value is -2.04. The first kappa shape index (κ1) is 15.8. The van der Waals surface area contributed by atoms with E-state index in [1.54, 1.807) is 11.8 Å². The highest BCUT2D eigenvalue weighted by Crippen LogP contribution is 2.26. The predicted molar refractivity (Wildman–Crippen MR) is 88.4 cm³/mol. The predicted octanol–water partition coefficient (Wildman–Crippen LogP) is 2.98. The van der Waals surface area contributed by atoms with E-state index in [4.69, 9.17) is 4.74 Å². The lowest BCUT2D eigenvalue weighted by Crippen LogP contribution is -2.44. The molecule has 2 amide bonds. The van der Waals surface area contributed by atoms with Gasteiger partial charge in [0.15, 0.2) is 0 Å². The van der Waals surface area contributed by atoms with Crippen molar-refractivity contribution in [2.24, 2.45) is 5.92 Å². The van der Waals surface area contributed by atoms with Crippen molar-refractivity contribution in [1.82, 2.24) is 4.90 Å². The number of hydrogen-bond acceptors (Lipinski definition) is 3. The van der Waals surface area contributed by atoms with Crippen molar-refractivity contribution in [2.75, 3.05) is 25.0 Å². The summed E-state index contributed by atoms with van der Waals surface area (Å²) in [5.41, 5.74) is 3.61. The van der Waals surface area contributed by atoms with Gasteiger partial charge in [0.25, 0.3) is 0 Å². The molecule has 0 unspecified atom stereocenters. The van der Waals surface area contributed by atoms with E-state index in [1.165, 1.54) is 17.5 Å². The summed E-state index contributed by atoms with van der Waals surface area (Å²) >= 11 is 0. The summed E-state index contributed by atoms with van der Waals surface area (Å²) in [6, 6.07) is 6.18. The highest BCUT2D eigenvalue weighted by molar-refractivity contribution is 5.93. The summed E-state index contributed by atoms with van der Waals surface area (Å²) < 4.78 is 5.03. The maximum absolute atomic E-state index is 12.5. The number of nitrogens with zero attached hydrogens (tertiary/aromatic N) is 1. The largest absolute Gasteiger partial charge is 0.450 e. The van der Waals surface area contributed by atoms with Crippen LogP contribution in [0.4, 0.5) is 10.5 Å². The lowest BCUT2D eigenvalue weighted by atomic mass is 9.97. The summed E-state index contributed by atoms with van der Waals surface area (Å²) in [5.74, 6) is -0.168. The van der Waals surface area contributed by atoms with Crippen LogP contribution in [0.1, 0.15) is 37.3 Å². The molecule has 1 fully saturated rings.